The largest absolute Gasteiger partial charge is 0.313 e. The molecular formula is C7H7ClN2O. The second kappa shape index (κ2) is 3.34. The number of pyridine rings is 1. The third-order valence-corrected chi connectivity index (χ3v) is 1.62. The molecule has 58 valence electrons. The molecule has 0 bridgehead atoms. The molecule has 11 heavy (non-hydrogen) atoms. The maximum atomic E-state index is 9.98. The zero-order valence-electron chi connectivity index (χ0n) is 5.97. The molecule has 0 aliphatic carbocycles. The van der Waals surface area contributed by atoms with Gasteiger partial charge in [0.1, 0.15) is 11.0 Å². The number of hydrogen-bond acceptors (Lipinski definition) is 2. The summed E-state index contributed by atoms with van der Waals surface area (Å²) in [6, 6.07) is 3.48. The molecule has 4 heteroatoms. The molecular weight excluding hydrogens is 164 g/mol. The first kappa shape index (κ1) is 8.01. The minimum Gasteiger partial charge on any atom is -0.313 e. The Morgan fingerprint density at radius 1 is 1.64 bits per heavy atom. The van der Waals surface area contributed by atoms with Crippen LogP contribution in [0.1, 0.15) is 5.56 Å². The topological polar surface area (TPSA) is 42.0 Å². The summed E-state index contributed by atoms with van der Waals surface area (Å²) in [5.74, 6) is 0.468. The number of carbonyl (C=O) groups is 1. The second-order valence-corrected chi connectivity index (χ2v) is 2.42. The summed E-state index contributed by atoms with van der Waals surface area (Å²) in [5.41, 5.74) is 0.892. The Balaban J connectivity index is 2.95. The van der Waals surface area contributed by atoms with Crippen LogP contribution in [-0.4, -0.2) is 11.4 Å². The van der Waals surface area contributed by atoms with Gasteiger partial charge in [-0.15, -0.1) is 0 Å². The molecule has 0 spiro atoms. The molecule has 1 aromatic heterocycles. The third-order valence-electron chi connectivity index (χ3n) is 1.24. The van der Waals surface area contributed by atoms with Crippen LogP contribution in [0.25, 0.3) is 0 Å². The van der Waals surface area contributed by atoms with Crippen LogP contribution in [0.2, 0.25) is 5.15 Å². The summed E-state index contributed by atoms with van der Waals surface area (Å²) in [6.07, 6.45) is 0.563. The first-order valence-corrected chi connectivity index (χ1v) is 3.45. The number of carbonyl (C=O) groups excluding carboxylic acids is 1. The smallest absolute Gasteiger partial charge is 0.212 e. The van der Waals surface area contributed by atoms with E-state index in [-0.39, 0.29) is 0 Å². The second-order valence-electron chi connectivity index (χ2n) is 2.07. The summed E-state index contributed by atoms with van der Waals surface area (Å²) < 4.78 is 0. The van der Waals surface area contributed by atoms with Crippen LogP contribution in [0.3, 0.4) is 0 Å². The minimum atomic E-state index is 0.414. The van der Waals surface area contributed by atoms with E-state index in [0.29, 0.717) is 17.4 Å². The number of aryl methyl sites for hydroxylation is 1. The predicted molar refractivity (Wildman–Crippen MR) is 43.7 cm³/mol. The Hall–Kier alpha value is -1.09. The maximum absolute atomic E-state index is 9.98. The number of halogens is 1. The Morgan fingerprint density at radius 2 is 2.36 bits per heavy atom. The fourth-order valence-corrected chi connectivity index (χ4v) is 0.799. The summed E-state index contributed by atoms with van der Waals surface area (Å²) in [6.45, 7) is 1.85. The highest BCUT2D eigenvalue weighted by Gasteiger charge is 1.96. The lowest BCUT2D eigenvalue weighted by molar-refractivity contribution is -0.105. The number of rotatable bonds is 2. The summed E-state index contributed by atoms with van der Waals surface area (Å²) in [5, 5.41) is 2.81. The SMILES string of the molecule is Cc1ccc(NC=O)nc1Cl. The fourth-order valence-electron chi connectivity index (χ4n) is 0.645. The number of hydrogen-bond donors (Lipinski definition) is 1. The Bertz CT molecular complexity index is 275. The van der Waals surface area contributed by atoms with Gasteiger partial charge in [-0.3, -0.25) is 4.79 Å². The molecule has 0 radical (unpaired) electrons. The van der Waals surface area contributed by atoms with Gasteiger partial charge in [0, 0.05) is 0 Å². The molecule has 0 saturated heterocycles. The van der Waals surface area contributed by atoms with Crippen LogP contribution in [0.4, 0.5) is 5.82 Å². The van der Waals surface area contributed by atoms with Crippen LogP contribution < -0.4 is 5.32 Å². The van der Waals surface area contributed by atoms with Crippen LogP contribution in [0, 0.1) is 6.92 Å². The zero-order valence-corrected chi connectivity index (χ0v) is 6.72. The lowest BCUT2D eigenvalue weighted by atomic mass is 10.3. The van der Waals surface area contributed by atoms with Crippen molar-refractivity contribution < 1.29 is 4.79 Å². The highest BCUT2D eigenvalue weighted by atomic mass is 35.5. The van der Waals surface area contributed by atoms with Gasteiger partial charge in [0.05, 0.1) is 0 Å². The summed E-state index contributed by atoms with van der Waals surface area (Å²) in [4.78, 5) is 13.9. The molecule has 1 rings (SSSR count). The van der Waals surface area contributed by atoms with E-state index >= 15 is 0 Å². The van der Waals surface area contributed by atoms with Gasteiger partial charge in [0.15, 0.2) is 0 Å². The number of nitrogens with one attached hydrogen (secondary N) is 1. The Morgan fingerprint density at radius 3 is 2.91 bits per heavy atom. The number of nitrogens with zero attached hydrogens (tertiary/aromatic N) is 1. The van der Waals surface area contributed by atoms with E-state index in [1.807, 2.05) is 6.92 Å². The lowest BCUT2D eigenvalue weighted by Gasteiger charge is -1.99. The van der Waals surface area contributed by atoms with Crippen LogP contribution >= 0.6 is 11.6 Å². The minimum absolute atomic E-state index is 0.414. The van der Waals surface area contributed by atoms with Gasteiger partial charge in [0.25, 0.3) is 0 Å². The molecule has 1 aromatic rings. The molecule has 0 atom stereocenters. The molecule has 0 fully saturated rings. The van der Waals surface area contributed by atoms with Gasteiger partial charge in [-0.1, -0.05) is 17.7 Å². The van der Waals surface area contributed by atoms with Gasteiger partial charge < -0.3 is 5.32 Å². The normalized spacial score (nSPS) is 9.27. The van der Waals surface area contributed by atoms with Crippen molar-refractivity contribution in [2.75, 3.05) is 5.32 Å². The van der Waals surface area contributed by atoms with Crippen molar-refractivity contribution in [1.29, 1.82) is 0 Å². The summed E-state index contributed by atoms with van der Waals surface area (Å²) >= 11 is 5.68. The van der Waals surface area contributed by atoms with Gasteiger partial charge in [-0.05, 0) is 18.6 Å². The van der Waals surface area contributed by atoms with Crippen molar-refractivity contribution in [3.05, 3.63) is 22.8 Å². The number of aromatic nitrogens is 1. The quantitative estimate of drug-likeness (QED) is 0.541. The molecule has 0 aliphatic heterocycles. The Kier molecular flexibility index (Phi) is 2.44. The van der Waals surface area contributed by atoms with Gasteiger partial charge in [-0.2, -0.15) is 0 Å². The van der Waals surface area contributed by atoms with E-state index in [2.05, 4.69) is 10.3 Å². The predicted octanol–water partition coefficient (Wildman–Crippen LogP) is 1.61. The van der Waals surface area contributed by atoms with E-state index in [9.17, 15) is 4.79 Å². The Labute approximate surface area is 69.4 Å². The van der Waals surface area contributed by atoms with E-state index in [1.54, 1.807) is 12.1 Å². The van der Waals surface area contributed by atoms with E-state index < -0.39 is 0 Å². The average Bonchev–Trinajstić information content (AvgIpc) is 1.98. The first-order valence-electron chi connectivity index (χ1n) is 3.07. The van der Waals surface area contributed by atoms with Crippen LogP contribution in [0.5, 0.6) is 0 Å². The molecule has 1 N–H and O–H groups in total. The van der Waals surface area contributed by atoms with E-state index in [0.717, 1.165) is 5.56 Å². The van der Waals surface area contributed by atoms with Gasteiger partial charge in [0.2, 0.25) is 6.41 Å². The molecule has 0 saturated carbocycles. The van der Waals surface area contributed by atoms with Crippen LogP contribution in [-0.2, 0) is 4.79 Å². The zero-order chi connectivity index (χ0) is 8.27. The highest BCUT2D eigenvalue weighted by molar-refractivity contribution is 6.30. The van der Waals surface area contributed by atoms with Crippen molar-refractivity contribution in [2.45, 2.75) is 6.92 Å². The monoisotopic (exact) mass is 170 g/mol. The third kappa shape index (κ3) is 1.91. The molecule has 1 heterocycles. The molecule has 0 aliphatic rings. The standard InChI is InChI=1S/C7H7ClN2O/c1-5-2-3-6(9-4-11)10-7(5)8/h2-4H,1H3,(H,9,10,11). The van der Waals surface area contributed by atoms with Crippen LogP contribution in [0.15, 0.2) is 12.1 Å². The van der Waals surface area contributed by atoms with Crippen molar-refractivity contribution >= 4 is 23.8 Å². The van der Waals surface area contributed by atoms with Crippen molar-refractivity contribution in [1.82, 2.24) is 4.98 Å². The maximum Gasteiger partial charge on any atom is 0.212 e. The number of amides is 1. The van der Waals surface area contributed by atoms with Crippen molar-refractivity contribution in [2.24, 2.45) is 0 Å². The number of anilines is 1. The molecule has 3 nitrogen and oxygen atoms in total. The van der Waals surface area contributed by atoms with E-state index in [4.69, 9.17) is 11.6 Å². The lowest BCUT2D eigenvalue weighted by Crippen LogP contribution is -1.96. The van der Waals surface area contributed by atoms with E-state index in [1.165, 1.54) is 0 Å². The average molecular weight is 171 g/mol. The summed E-state index contributed by atoms with van der Waals surface area (Å²) in [7, 11) is 0. The fraction of sp³-hybridized carbons (Fsp3) is 0.143. The highest BCUT2D eigenvalue weighted by Crippen LogP contribution is 2.14. The first-order chi connectivity index (χ1) is 5.24. The molecule has 0 aromatic carbocycles. The van der Waals surface area contributed by atoms with Gasteiger partial charge in [-0.25, -0.2) is 4.98 Å². The van der Waals surface area contributed by atoms with Crippen molar-refractivity contribution in [3.63, 3.8) is 0 Å². The van der Waals surface area contributed by atoms with Gasteiger partial charge >= 0.3 is 0 Å². The van der Waals surface area contributed by atoms with Crippen molar-refractivity contribution in [3.8, 4) is 0 Å². The molecule has 0 unspecified atom stereocenters. The molecule has 1 amide bonds.